The molecule has 33 heavy (non-hydrogen) atoms. The Morgan fingerprint density at radius 2 is 1.30 bits per heavy atom. The van der Waals surface area contributed by atoms with Crippen molar-refractivity contribution in [3.8, 4) is 5.75 Å². The summed E-state index contributed by atoms with van der Waals surface area (Å²) in [6.45, 7) is 17.7. The third-order valence-corrected chi connectivity index (χ3v) is 7.10. The zero-order chi connectivity index (χ0) is 23.8. The average Bonchev–Trinajstić information content (AvgIpc) is 3.42. The van der Waals surface area contributed by atoms with E-state index >= 15 is 0 Å². The number of para-hydroxylation sites is 1. The van der Waals surface area contributed by atoms with Crippen LogP contribution in [0.25, 0.3) is 0 Å². The molecule has 2 atom stereocenters. The molecule has 4 heteroatoms. The summed E-state index contributed by atoms with van der Waals surface area (Å²) in [7, 11) is 1.82. The monoisotopic (exact) mass is 450 g/mol. The van der Waals surface area contributed by atoms with E-state index in [0.29, 0.717) is 6.10 Å². The highest BCUT2D eigenvalue weighted by atomic mass is 16.5. The summed E-state index contributed by atoms with van der Waals surface area (Å²) < 4.78 is 12.2. The van der Waals surface area contributed by atoms with E-state index in [0.717, 1.165) is 44.8 Å². The number of ether oxygens (including phenoxy) is 2. The molecule has 2 aromatic rings. The second-order valence-electron chi connectivity index (χ2n) is 11.8. The summed E-state index contributed by atoms with van der Waals surface area (Å²) in [5, 5.41) is 0. The minimum atomic E-state index is 0.0488. The Kier molecular flexibility index (Phi) is 6.68. The molecule has 2 aliphatic rings. The molecule has 4 nitrogen and oxygen atoms in total. The first-order valence-corrected chi connectivity index (χ1v) is 12.5. The lowest BCUT2D eigenvalue weighted by molar-refractivity contribution is 0.121. The van der Waals surface area contributed by atoms with Gasteiger partial charge in [0.1, 0.15) is 11.9 Å². The molecule has 0 N–H and O–H groups in total. The summed E-state index contributed by atoms with van der Waals surface area (Å²) in [4.78, 5) is 4.97. The summed E-state index contributed by atoms with van der Waals surface area (Å²) in [5.41, 5.74) is 5.61. The molecule has 4 rings (SSSR count). The largest absolute Gasteiger partial charge is 0.489 e. The van der Waals surface area contributed by atoms with Gasteiger partial charge < -0.3 is 19.3 Å². The van der Waals surface area contributed by atoms with Crippen LogP contribution in [0.3, 0.4) is 0 Å². The Morgan fingerprint density at radius 3 is 1.91 bits per heavy atom. The zero-order valence-corrected chi connectivity index (χ0v) is 21.6. The van der Waals surface area contributed by atoms with E-state index in [4.69, 9.17) is 9.47 Å². The van der Waals surface area contributed by atoms with Crippen LogP contribution in [-0.4, -0.2) is 45.5 Å². The van der Waals surface area contributed by atoms with Crippen molar-refractivity contribution in [3.63, 3.8) is 0 Å². The first-order valence-electron chi connectivity index (χ1n) is 12.5. The van der Waals surface area contributed by atoms with Gasteiger partial charge >= 0.3 is 0 Å². The molecule has 2 heterocycles. The molecule has 0 spiro atoms. The lowest BCUT2D eigenvalue weighted by atomic mass is 9.85. The van der Waals surface area contributed by atoms with E-state index in [2.05, 4.69) is 93.8 Å². The molecule has 2 aromatic carbocycles. The van der Waals surface area contributed by atoms with Gasteiger partial charge in [-0.05, 0) is 52.6 Å². The highest BCUT2D eigenvalue weighted by Crippen LogP contribution is 2.38. The van der Waals surface area contributed by atoms with Gasteiger partial charge in [-0.25, -0.2) is 0 Å². The molecule has 0 aliphatic carbocycles. The van der Waals surface area contributed by atoms with E-state index in [9.17, 15) is 0 Å². The number of methoxy groups -OCH3 is 1. The van der Waals surface area contributed by atoms with Gasteiger partial charge in [0, 0.05) is 44.5 Å². The highest BCUT2D eigenvalue weighted by Gasteiger charge is 2.30. The van der Waals surface area contributed by atoms with Gasteiger partial charge in [-0.1, -0.05) is 59.7 Å². The fraction of sp³-hybridized carbons (Fsp3) is 0.586. The summed E-state index contributed by atoms with van der Waals surface area (Å²) in [5.74, 6) is 0.988. The second-order valence-corrected chi connectivity index (χ2v) is 11.8. The predicted octanol–water partition coefficient (Wildman–Crippen LogP) is 6.16. The average molecular weight is 451 g/mol. The predicted molar refractivity (Wildman–Crippen MR) is 139 cm³/mol. The number of hydrogen-bond acceptors (Lipinski definition) is 4. The minimum Gasteiger partial charge on any atom is -0.489 e. The van der Waals surface area contributed by atoms with Crippen molar-refractivity contribution < 1.29 is 9.47 Å². The maximum absolute atomic E-state index is 6.56. The zero-order valence-electron chi connectivity index (χ0n) is 21.6. The number of hydrogen-bond donors (Lipinski definition) is 0. The van der Waals surface area contributed by atoms with E-state index in [-0.39, 0.29) is 16.9 Å². The SMILES string of the molecule is CO[C@@H]1CCN(c2ccc(O[C@@H]3CCN(c4ccccc4C(C)(C)C)C3)cc2C(C)(C)C)C1. The third kappa shape index (κ3) is 5.32. The van der Waals surface area contributed by atoms with Gasteiger partial charge in [-0.3, -0.25) is 0 Å². The molecule has 2 fully saturated rings. The Labute approximate surface area is 200 Å². The molecule has 0 amide bonds. The maximum Gasteiger partial charge on any atom is 0.120 e. The second kappa shape index (κ2) is 9.21. The van der Waals surface area contributed by atoms with Crippen LogP contribution < -0.4 is 14.5 Å². The van der Waals surface area contributed by atoms with Crippen molar-refractivity contribution in [3.05, 3.63) is 53.6 Å². The first-order chi connectivity index (χ1) is 15.6. The van der Waals surface area contributed by atoms with Gasteiger partial charge in [-0.2, -0.15) is 0 Å². The van der Waals surface area contributed by atoms with Gasteiger partial charge in [0.15, 0.2) is 0 Å². The number of nitrogens with zero attached hydrogens (tertiary/aromatic N) is 2. The van der Waals surface area contributed by atoms with Crippen LogP contribution in [0.4, 0.5) is 11.4 Å². The highest BCUT2D eigenvalue weighted by molar-refractivity contribution is 5.60. The molecule has 2 saturated heterocycles. The van der Waals surface area contributed by atoms with Crippen molar-refractivity contribution in [1.29, 1.82) is 0 Å². The Hall–Kier alpha value is -2.20. The lowest BCUT2D eigenvalue weighted by Gasteiger charge is -2.30. The van der Waals surface area contributed by atoms with Gasteiger partial charge in [-0.15, -0.1) is 0 Å². The fourth-order valence-electron chi connectivity index (χ4n) is 5.22. The number of rotatable bonds is 5. The van der Waals surface area contributed by atoms with Crippen LogP contribution in [0.1, 0.15) is 65.5 Å². The molecule has 0 saturated carbocycles. The standard InChI is InChI=1S/C29H42N2O2/c1-28(2,3)24-10-8-9-11-26(24)31-17-15-23(20-31)33-21-12-13-27(25(18-21)29(4,5)6)30-16-14-22(19-30)32-7/h8-13,18,22-23H,14-17,19-20H2,1-7H3/t22-,23-/m1/s1. The molecule has 0 aromatic heterocycles. The topological polar surface area (TPSA) is 24.9 Å². The molecule has 0 bridgehead atoms. The molecule has 2 aliphatic heterocycles. The minimum absolute atomic E-state index is 0.0488. The van der Waals surface area contributed by atoms with Crippen LogP contribution in [0.15, 0.2) is 42.5 Å². The maximum atomic E-state index is 6.56. The molecule has 0 radical (unpaired) electrons. The third-order valence-electron chi connectivity index (χ3n) is 7.10. The normalized spacial score (nSPS) is 21.7. The fourth-order valence-corrected chi connectivity index (χ4v) is 5.22. The van der Waals surface area contributed by atoms with E-state index in [1.807, 2.05) is 7.11 Å². The number of benzene rings is 2. The van der Waals surface area contributed by atoms with Crippen molar-refractivity contribution in [2.24, 2.45) is 0 Å². The molecular weight excluding hydrogens is 408 g/mol. The van der Waals surface area contributed by atoms with Crippen LogP contribution in [0.5, 0.6) is 5.75 Å². The lowest BCUT2D eigenvalue weighted by Crippen LogP contribution is -2.28. The Bertz CT molecular complexity index is 957. The van der Waals surface area contributed by atoms with Crippen molar-refractivity contribution in [1.82, 2.24) is 0 Å². The van der Waals surface area contributed by atoms with E-state index in [1.165, 1.54) is 22.5 Å². The molecular formula is C29H42N2O2. The van der Waals surface area contributed by atoms with Crippen molar-refractivity contribution >= 4 is 11.4 Å². The number of anilines is 2. The van der Waals surface area contributed by atoms with Crippen LogP contribution in [0, 0.1) is 0 Å². The van der Waals surface area contributed by atoms with E-state index in [1.54, 1.807) is 0 Å². The summed E-state index contributed by atoms with van der Waals surface area (Å²) in [6.07, 6.45) is 2.68. The van der Waals surface area contributed by atoms with E-state index < -0.39 is 0 Å². The first kappa shape index (κ1) is 23.9. The molecule has 180 valence electrons. The van der Waals surface area contributed by atoms with Crippen LogP contribution in [0.2, 0.25) is 0 Å². The smallest absolute Gasteiger partial charge is 0.120 e. The van der Waals surface area contributed by atoms with Crippen molar-refractivity contribution in [2.45, 2.75) is 77.4 Å². The van der Waals surface area contributed by atoms with Gasteiger partial charge in [0.05, 0.1) is 12.6 Å². The summed E-state index contributed by atoms with van der Waals surface area (Å²) >= 11 is 0. The quantitative estimate of drug-likeness (QED) is 0.544. The Balaban J connectivity index is 1.50. The van der Waals surface area contributed by atoms with Crippen LogP contribution in [-0.2, 0) is 15.6 Å². The van der Waals surface area contributed by atoms with Crippen LogP contribution >= 0.6 is 0 Å². The van der Waals surface area contributed by atoms with Gasteiger partial charge in [0.25, 0.3) is 0 Å². The summed E-state index contributed by atoms with van der Waals surface area (Å²) in [6, 6.07) is 15.5. The van der Waals surface area contributed by atoms with Gasteiger partial charge in [0.2, 0.25) is 0 Å². The van der Waals surface area contributed by atoms with Crippen molar-refractivity contribution in [2.75, 3.05) is 43.1 Å². The molecule has 0 unspecified atom stereocenters. The Morgan fingerprint density at radius 1 is 0.727 bits per heavy atom.